The monoisotopic (exact) mass is 338 g/mol. The van der Waals surface area contributed by atoms with E-state index >= 15 is 0 Å². The SMILES string of the molecule is O=C(NC1CCC(C(F)(F)F)CC1)c1cc(Br)c[nH]1. The molecule has 2 rings (SSSR count). The second-order valence-electron chi connectivity index (χ2n) is 4.80. The molecule has 0 unspecified atom stereocenters. The Labute approximate surface area is 117 Å². The Morgan fingerprint density at radius 2 is 1.95 bits per heavy atom. The number of hydrogen-bond acceptors (Lipinski definition) is 1. The highest BCUT2D eigenvalue weighted by molar-refractivity contribution is 9.10. The lowest BCUT2D eigenvalue weighted by atomic mass is 9.85. The maximum atomic E-state index is 12.5. The standard InChI is InChI=1S/C12H14BrF3N2O/c13-8-5-10(17-6-8)11(19)18-9-3-1-7(2-4-9)12(14,15)16/h5-7,9,17H,1-4H2,(H,18,19). The summed E-state index contributed by atoms with van der Waals surface area (Å²) >= 11 is 3.22. The lowest BCUT2D eigenvalue weighted by Gasteiger charge is -2.30. The van der Waals surface area contributed by atoms with Crippen molar-refractivity contribution in [2.24, 2.45) is 5.92 Å². The van der Waals surface area contributed by atoms with Gasteiger partial charge in [-0.25, -0.2) is 0 Å². The number of halogens is 4. The van der Waals surface area contributed by atoms with Gasteiger partial charge in [-0.05, 0) is 47.7 Å². The largest absolute Gasteiger partial charge is 0.391 e. The molecule has 1 aliphatic carbocycles. The molecule has 1 fully saturated rings. The van der Waals surface area contributed by atoms with Gasteiger partial charge >= 0.3 is 6.18 Å². The quantitative estimate of drug-likeness (QED) is 0.849. The Morgan fingerprint density at radius 1 is 1.32 bits per heavy atom. The molecule has 3 nitrogen and oxygen atoms in total. The summed E-state index contributed by atoms with van der Waals surface area (Å²) in [5.74, 6) is -1.50. The van der Waals surface area contributed by atoms with Gasteiger partial charge < -0.3 is 10.3 Å². The topological polar surface area (TPSA) is 44.9 Å². The first-order chi connectivity index (χ1) is 8.86. The highest BCUT2D eigenvalue weighted by Crippen LogP contribution is 2.37. The number of aromatic amines is 1. The predicted molar refractivity (Wildman–Crippen MR) is 67.8 cm³/mol. The zero-order valence-corrected chi connectivity index (χ0v) is 11.6. The van der Waals surface area contributed by atoms with Crippen LogP contribution in [0.5, 0.6) is 0 Å². The summed E-state index contributed by atoms with van der Waals surface area (Å²) in [6, 6.07) is 1.46. The van der Waals surface area contributed by atoms with Crippen molar-refractivity contribution in [3.8, 4) is 0 Å². The highest BCUT2D eigenvalue weighted by atomic mass is 79.9. The van der Waals surface area contributed by atoms with Crippen LogP contribution in [-0.4, -0.2) is 23.1 Å². The van der Waals surface area contributed by atoms with E-state index in [1.165, 1.54) is 0 Å². The smallest absolute Gasteiger partial charge is 0.356 e. The molecule has 0 spiro atoms. The highest BCUT2D eigenvalue weighted by Gasteiger charge is 2.41. The van der Waals surface area contributed by atoms with E-state index in [4.69, 9.17) is 0 Å². The lowest BCUT2D eigenvalue weighted by molar-refractivity contribution is -0.182. The van der Waals surface area contributed by atoms with Crippen molar-refractivity contribution in [1.29, 1.82) is 0 Å². The minimum atomic E-state index is -4.11. The molecule has 1 amide bonds. The van der Waals surface area contributed by atoms with Gasteiger partial charge in [0, 0.05) is 16.7 Å². The van der Waals surface area contributed by atoms with Crippen LogP contribution in [0, 0.1) is 5.92 Å². The first-order valence-electron chi connectivity index (χ1n) is 6.08. The Kier molecular flexibility index (Phi) is 4.23. The van der Waals surface area contributed by atoms with Gasteiger partial charge in [-0.2, -0.15) is 13.2 Å². The van der Waals surface area contributed by atoms with Crippen LogP contribution >= 0.6 is 15.9 Å². The fraction of sp³-hybridized carbons (Fsp3) is 0.583. The third-order valence-corrected chi connectivity index (χ3v) is 3.88. The molecule has 1 aromatic rings. The third kappa shape index (κ3) is 3.75. The number of H-pyrrole nitrogens is 1. The van der Waals surface area contributed by atoms with Crippen LogP contribution in [-0.2, 0) is 0 Å². The average Bonchev–Trinajstić information content (AvgIpc) is 2.75. The van der Waals surface area contributed by atoms with Gasteiger partial charge in [0.05, 0.1) is 5.92 Å². The maximum Gasteiger partial charge on any atom is 0.391 e. The van der Waals surface area contributed by atoms with E-state index in [9.17, 15) is 18.0 Å². The van der Waals surface area contributed by atoms with Crippen LogP contribution in [0.1, 0.15) is 36.2 Å². The van der Waals surface area contributed by atoms with Gasteiger partial charge in [-0.3, -0.25) is 4.79 Å². The van der Waals surface area contributed by atoms with Crippen molar-refractivity contribution >= 4 is 21.8 Å². The summed E-state index contributed by atoms with van der Waals surface area (Å²) < 4.78 is 38.3. The van der Waals surface area contributed by atoms with Gasteiger partial charge in [0.25, 0.3) is 5.91 Å². The molecular weight excluding hydrogens is 325 g/mol. The minimum Gasteiger partial charge on any atom is -0.356 e. The normalized spacial score (nSPS) is 24.2. The Balaban J connectivity index is 1.84. The Bertz CT molecular complexity index is 450. The number of aromatic nitrogens is 1. The Hall–Kier alpha value is -0.980. The molecule has 2 N–H and O–H groups in total. The van der Waals surface area contributed by atoms with Crippen molar-refractivity contribution in [2.75, 3.05) is 0 Å². The molecule has 0 aromatic carbocycles. The molecule has 106 valence electrons. The molecule has 19 heavy (non-hydrogen) atoms. The van der Waals surface area contributed by atoms with Crippen molar-refractivity contribution in [1.82, 2.24) is 10.3 Å². The van der Waals surface area contributed by atoms with Gasteiger partial charge in [0.2, 0.25) is 0 Å². The molecule has 0 radical (unpaired) electrons. The van der Waals surface area contributed by atoms with Crippen molar-refractivity contribution in [2.45, 2.75) is 37.9 Å². The number of carbonyl (C=O) groups excluding carboxylic acids is 1. The lowest BCUT2D eigenvalue weighted by Crippen LogP contribution is -2.40. The van der Waals surface area contributed by atoms with Crippen LogP contribution in [0.15, 0.2) is 16.7 Å². The van der Waals surface area contributed by atoms with Gasteiger partial charge in [0.15, 0.2) is 0 Å². The number of rotatable bonds is 2. The Morgan fingerprint density at radius 3 is 2.42 bits per heavy atom. The molecule has 1 saturated carbocycles. The summed E-state index contributed by atoms with van der Waals surface area (Å²) in [6.45, 7) is 0. The van der Waals surface area contributed by atoms with E-state index in [-0.39, 0.29) is 24.8 Å². The number of alkyl halides is 3. The van der Waals surface area contributed by atoms with Crippen molar-refractivity contribution < 1.29 is 18.0 Å². The van der Waals surface area contributed by atoms with E-state index in [0.29, 0.717) is 18.5 Å². The van der Waals surface area contributed by atoms with Crippen molar-refractivity contribution in [3.05, 3.63) is 22.4 Å². The fourth-order valence-electron chi connectivity index (χ4n) is 2.33. The first-order valence-corrected chi connectivity index (χ1v) is 6.87. The van der Waals surface area contributed by atoms with E-state index < -0.39 is 12.1 Å². The zero-order chi connectivity index (χ0) is 14.0. The predicted octanol–water partition coefficient (Wildman–Crippen LogP) is 3.63. The van der Waals surface area contributed by atoms with Crippen molar-refractivity contribution in [3.63, 3.8) is 0 Å². The minimum absolute atomic E-state index is 0.0862. The molecule has 0 atom stereocenters. The second-order valence-corrected chi connectivity index (χ2v) is 5.71. The maximum absolute atomic E-state index is 12.5. The van der Waals surface area contributed by atoms with Gasteiger partial charge in [-0.1, -0.05) is 0 Å². The molecule has 1 aliphatic rings. The number of nitrogens with one attached hydrogen (secondary N) is 2. The van der Waals surface area contributed by atoms with E-state index in [2.05, 4.69) is 26.2 Å². The van der Waals surface area contributed by atoms with E-state index in [1.807, 2.05) is 0 Å². The van der Waals surface area contributed by atoms with E-state index in [0.717, 1.165) is 4.47 Å². The molecule has 1 heterocycles. The molecule has 0 saturated heterocycles. The van der Waals surface area contributed by atoms with Crippen LogP contribution in [0.25, 0.3) is 0 Å². The summed E-state index contributed by atoms with van der Waals surface area (Å²) in [5, 5.41) is 2.76. The molecule has 0 aliphatic heterocycles. The van der Waals surface area contributed by atoms with Gasteiger partial charge in [-0.15, -0.1) is 0 Å². The third-order valence-electron chi connectivity index (χ3n) is 3.42. The zero-order valence-electron chi connectivity index (χ0n) is 10.1. The van der Waals surface area contributed by atoms with Crippen LogP contribution in [0.2, 0.25) is 0 Å². The first kappa shape index (κ1) is 14.4. The molecular formula is C12H14BrF3N2O. The molecule has 0 bridgehead atoms. The van der Waals surface area contributed by atoms with E-state index in [1.54, 1.807) is 12.3 Å². The molecule has 7 heteroatoms. The summed E-state index contributed by atoms with van der Waals surface area (Å²) in [7, 11) is 0. The summed E-state index contributed by atoms with van der Waals surface area (Å²) in [5.41, 5.74) is 0.407. The number of carbonyl (C=O) groups is 1. The van der Waals surface area contributed by atoms with Gasteiger partial charge in [0.1, 0.15) is 5.69 Å². The van der Waals surface area contributed by atoms with Crippen LogP contribution < -0.4 is 5.32 Å². The number of hydrogen-bond donors (Lipinski definition) is 2. The molecule has 1 aromatic heterocycles. The summed E-state index contributed by atoms with van der Waals surface area (Å²) in [4.78, 5) is 14.6. The number of amides is 1. The van der Waals surface area contributed by atoms with Crippen LogP contribution in [0.3, 0.4) is 0 Å². The summed E-state index contributed by atoms with van der Waals surface area (Å²) in [6.07, 6.45) is -1.56. The fourth-order valence-corrected chi connectivity index (χ4v) is 2.67. The second kappa shape index (κ2) is 5.56. The van der Waals surface area contributed by atoms with Crippen LogP contribution in [0.4, 0.5) is 13.2 Å². The average molecular weight is 339 g/mol.